The molecule has 4 nitrogen and oxygen atoms in total. The van der Waals surface area contributed by atoms with Crippen LogP contribution in [0.1, 0.15) is 44.6 Å². The number of hydrogen-bond donors (Lipinski definition) is 1. The first-order valence-electron chi connectivity index (χ1n) is 8.99. The van der Waals surface area contributed by atoms with Gasteiger partial charge in [-0.2, -0.15) is 23.3 Å². The zero-order valence-electron chi connectivity index (χ0n) is 14.7. The van der Waals surface area contributed by atoms with Crippen molar-refractivity contribution in [1.29, 1.82) is 0 Å². The number of benzene rings is 1. The van der Waals surface area contributed by atoms with Crippen LogP contribution >= 0.6 is 0 Å². The molecule has 142 valence electrons. The molecule has 7 heteroatoms. The maximum absolute atomic E-state index is 13.7. The standard InChI is InChI=1S/C19H23F3N2O2/c1-13-7-5-11-15-17(13)23-24(18(15,26)19(20,21)22)16(25)12-6-10-14-8-3-2-4-9-14/h2-4,8-9,13,15,26H,5-7,10-12H2,1H3/t13-,15+,18+/m1/s1. The van der Waals surface area contributed by atoms with E-state index in [0.29, 0.717) is 30.0 Å². The van der Waals surface area contributed by atoms with Crippen molar-refractivity contribution < 1.29 is 23.1 Å². The minimum atomic E-state index is -4.95. The van der Waals surface area contributed by atoms with Gasteiger partial charge in [0.2, 0.25) is 5.91 Å². The molecule has 1 aliphatic carbocycles. The maximum atomic E-state index is 13.7. The van der Waals surface area contributed by atoms with Gasteiger partial charge in [-0.3, -0.25) is 4.79 Å². The van der Waals surface area contributed by atoms with E-state index in [-0.39, 0.29) is 18.8 Å². The lowest BCUT2D eigenvalue weighted by molar-refractivity contribution is -0.317. The van der Waals surface area contributed by atoms with Gasteiger partial charge < -0.3 is 5.11 Å². The fraction of sp³-hybridized carbons (Fsp3) is 0.579. The second kappa shape index (κ2) is 7.02. The number of fused-ring (bicyclic) bond motifs is 1. The summed E-state index contributed by atoms with van der Waals surface area (Å²) in [5.41, 5.74) is -1.91. The van der Waals surface area contributed by atoms with Crippen molar-refractivity contribution >= 4 is 11.6 Å². The van der Waals surface area contributed by atoms with E-state index in [1.54, 1.807) is 6.92 Å². The molecule has 1 saturated carbocycles. The highest BCUT2D eigenvalue weighted by molar-refractivity contribution is 5.94. The Bertz CT molecular complexity index is 690. The lowest BCUT2D eigenvalue weighted by atomic mass is 9.75. The number of rotatable bonds is 4. The van der Waals surface area contributed by atoms with Gasteiger partial charge in [-0.05, 0) is 37.2 Å². The van der Waals surface area contributed by atoms with Crippen molar-refractivity contribution in [3.63, 3.8) is 0 Å². The monoisotopic (exact) mass is 368 g/mol. The third kappa shape index (κ3) is 3.24. The second-order valence-corrected chi connectivity index (χ2v) is 7.18. The third-order valence-corrected chi connectivity index (χ3v) is 5.37. The number of hydrogen-bond acceptors (Lipinski definition) is 3. The van der Waals surface area contributed by atoms with Crippen LogP contribution in [0.25, 0.3) is 0 Å². The van der Waals surface area contributed by atoms with Crippen LogP contribution in [-0.4, -0.2) is 33.6 Å². The molecule has 1 N–H and O–H groups in total. The number of aliphatic hydroxyl groups is 1. The predicted octanol–water partition coefficient (Wildman–Crippen LogP) is 3.89. The van der Waals surface area contributed by atoms with Crippen molar-refractivity contribution in [3.05, 3.63) is 35.9 Å². The molecule has 1 aliphatic heterocycles. The van der Waals surface area contributed by atoms with Gasteiger partial charge in [0.15, 0.2) is 0 Å². The summed E-state index contributed by atoms with van der Waals surface area (Å²) in [6, 6.07) is 9.43. The van der Waals surface area contributed by atoms with Crippen molar-refractivity contribution in [2.24, 2.45) is 16.9 Å². The average Bonchev–Trinajstić information content (AvgIpc) is 2.91. The third-order valence-electron chi connectivity index (χ3n) is 5.37. The zero-order valence-corrected chi connectivity index (χ0v) is 14.7. The highest BCUT2D eigenvalue weighted by Gasteiger charge is 2.68. The number of amides is 1. The Kier molecular flexibility index (Phi) is 5.10. The first-order chi connectivity index (χ1) is 12.2. The Hall–Kier alpha value is -1.89. The molecule has 0 unspecified atom stereocenters. The van der Waals surface area contributed by atoms with E-state index in [9.17, 15) is 23.1 Å². The summed E-state index contributed by atoms with van der Waals surface area (Å²) in [5, 5.41) is 14.8. The second-order valence-electron chi connectivity index (χ2n) is 7.18. The fourth-order valence-electron chi connectivity index (χ4n) is 3.94. The van der Waals surface area contributed by atoms with Crippen LogP contribution in [0.5, 0.6) is 0 Å². The summed E-state index contributed by atoms with van der Waals surface area (Å²) in [7, 11) is 0. The molecule has 3 rings (SSSR count). The van der Waals surface area contributed by atoms with Gasteiger partial charge in [0.1, 0.15) is 0 Å². The Morgan fingerprint density at radius 3 is 2.65 bits per heavy atom. The normalized spacial score (nSPS) is 28.7. The molecule has 0 saturated heterocycles. The Morgan fingerprint density at radius 1 is 1.31 bits per heavy atom. The minimum Gasteiger partial charge on any atom is -0.362 e. The summed E-state index contributed by atoms with van der Waals surface area (Å²) < 4.78 is 41.2. The van der Waals surface area contributed by atoms with Gasteiger partial charge in [-0.15, -0.1) is 0 Å². The highest BCUT2D eigenvalue weighted by Crippen LogP contribution is 2.49. The van der Waals surface area contributed by atoms with E-state index in [1.165, 1.54) is 0 Å². The maximum Gasteiger partial charge on any atom is 0.439 e. The SMILES string of the molecule is C[C@@H]1CCC[C@H]2C1=NN(C(=O)CCCc1ccccc1)[C@@]2(O)C(F)(F)F. The van der Waals surface area contributed by atoms with E-state index in [0.717, 1.165) is 12.0 Å². The molecule has 2 aliphatic rings. The van der Waals surface area contributed by atoms with Crippen molar-refractivity contribution in [2.75, 3.05) is 0 Å². The number of halogens is 3. The largest absolute Gasteiger partial charge is 0.439 e. The summed E-state index contributed by atoms with van der Waals surface area (Å²) in [6.45, 7) is 1.80. The van der Waals surface area contributed by atoms with Crippen LogP contribution < -0.4 is 0 Å². The first-order valence-corrected chi connectivity index (χ1v) is 8.99. The average molecular weight is 368 g/mol. The number of carbonyl (C=O) groups is 1. The summed E-state index contributed by atoms with van der Waals surface area (Å²) >= 11 is 0. The fourth-order valence-corrected chi connectivity index (χ4v) is 3.94. The molecular formula is C19H23F3N2O2. The van der Waals surface area contributed by atoms with Gasteiger partial charge in [-0.25, -0.2) is 0 Å². The molecule has 1 fully saturated rings. The quantitative estimate of drug-likeness (QED) is 0.876. The van der Waals surface area contributed by atoms with Crippen LogP contribution in [0, 0.1) is 11.8 Å². The van der Waals surface area contributed by atoms with E-state index < -0.39 is 23.7 Å². The number of hydrazone groups is 1. The number of aryl methyl sites for hydroxylation is 1. The molecule has 26 heavy (non-hydrogen) atoms. The van der Waals surface area contributed by atoms with E-state index in [2.05, 4.69) is 5.10 Å². The van der Waals surface area contributed by atoms with Crippen LogP contribution in [0.3, 0.4) is 0 Å². The van der Waals surface area contributed by atoms with Gasteiger partial charge in [-0.1, -0.05) is 43.7 Å². The summed E-state index contributed by atoms with van der Waals surface area (Å²) in [6.07, 6.45) is -2.56. The molecular weight excluding hydrogens is 345 g/mol. The molecule has 0 spiro atoms. The van der Waals surface area contributed by atoms with Gasteiger partial charge in [0, 0.05) is 12.1 Å². The van der Waals surface area contributed by atoms with Crippen LogP contribution in [0.4, 0.5) is 13.2 Å². The molecule has 0 aromatic heterocycles. The van der Waals surface area contributed by atoms with Crippen molar-refractivity contribution in [1.82, 2.24) is 5.01 Å². The zero-order chi connectivity index (χ0) is 18.9. The minimum absolute atomic E-state index is 0.0921. The first kappa shape index (κ1) is 18.9. The number of alkyl halides is 3. The molecule has 1 aromatic rings. The Labute approximate surface area is 150 Å². The molecule has 0 radical (unpaired) electrons. The topological polar surface area (TPSA) is 52.9 Å². The Morgan fingerprint density at radius 2 is 2.00 bits per heavy atom. The number of nitrogens with zero attached hydrogens (tertiary/aromatic N) is 2. The van der Waals surface area contributed by atoms with E-state index in [1.807, 2.05) is 30.3 Å². The van der Waals surface area contributed by atoms with Crippen LogP contribution in [-0.2, 0) is 11.2 Å². The van der Waals surface area contributed by atoms with Crippen molar-refractivity contribution in [2.45, 2.75) is 57.3 Å². The van der Waals surface area contributed by atoms with E-state index >= 15 is 0 Å². The summed E-state index contributed by atoms with van der Waals surface area (Å²) in [4.78, 5) is 12.5. The molecule has 1 heterocycles. The lowest BCUT2D eigenvalue weighted by Gasteiger charge is -2.39. The molecule has 0 bridgehead atoms. The molecule has 1 aromatic carbocycles. The predicted molar refractivity (Wildman–Crippen MR) is 91.2 cm³/mol. The van der Waals surface area contributed by atoms with Crippen LogP contribution in [0.2, 0.25) is 0 Å². The molecule has 1 amide bonds. The highest BCUT2D eigenvalue weighted by atomic mass is 19.4. The Balaban J connectivity index is 1.76. The van der Waals surface area contributed by atoms with Gasteiger partial charge in [0.25, 0.3) is 5.72 Å². The smallest absolute Gasteiger partial charge is 0.362 e. The van der Waals surface area contributed by atoms with Gasteiger partial charge >= 0.3 is 6.18 Å². The summed E-state index contributed by atoms with van der Waals surface area (Å²) in [5.74, 6) is -2.11. The lowest BCUT2D eigenvalue weighted by Crippen LogP contribution is -2.61. The molecule has 3 atom stereocenters. The van der Waals surface area contributed by atoms with Crippen LogP contribution in [0.15, 0.2) is 35.4 Å². The van der Waals surface area contributed by atoms with E-state index in [4.69, 9.17) is 0 Å². The van der Waals surface area contributed by atoms with Crippen molar-refractivity contribution in [3.8, 4) is 0 Å². The number of carbonyl (C=O) groups excluding carboxylic acids is 1. The van der Waals surface area contributed by atoms with Gasteiger partial charge in [0.05, 0.1) is 5.92 Å².